The Bertz CT molecular complexity index is 491. The lowest BCUT2D eigenvalue weighted by Crippen LogP contribution is -2.10. The molecule has 18 heavy (non-hydrogen) atoms. The van der Waals surface area contributed by atoms with Gasteiger partial charge in [0.2, 0.25) is 0 Å². The Kier molecular flexibility index (Phi) is 3.91. The van der Waals surface area contributed by atoms with Crippen LogP contribution in [0.15, 0.2) is 54.6 Å². The van der Waals surface area contributed by atoms with Crippen molar-refractivity contribution in [2.24, 2.45) is 0 Å². The highest BCUT2D eigenvalue weighted by molar-refractivity contribution is 9.09. The number of alkyl halides is 1. The van der Waals surface area contributed by atoms with Crippen molar-refractivity contribution in [3.05, 3.63) is 71.3 Å². The Morgan fingerprint density at radius 2 is 1.28 bits per heavy atom. The molecule has 2 rings (SSSR count). The van der Waals surface area contributed by atoms with E-state index < -0.39 is 0 Å². The molecular weight excluding hydrogens is 284 g/mol. The molecule has 0 N–H and O–H groups in total. The number of hydrogen-bond acceptors (Lipinski definition) is 0. The van der Waals surface area contributed by atoms with E-state index in [2.05, 4.69) is 85.2 Å². The van der Waals surface area contributed by atoms with Crippen LogP contribution in [0.4, 0.5) is 0 Å². The molecule has 2 aromatic rings. The second-order valence-corrected chi connectivity index (χ2v) is 6.56. The summed E-state index contributed by atoms with van der Waals surface area (Å²) in [6, 6.07) is 19.4. The van der Waals surface area contributed by atoms with Gasteiger partial charge in [-0.15, -0.1) is 0 Å². The minimum atomic E-state index is 0.215. The Hall–Kier alpha value is -1.08. The number of hydrogen-bond donors (Lipinski definition) is 0. The molecular formula is C17H19Br. The van der Waals surface area contributed by atoms with Gasteiger partial charge in [0.05, 0.1) is 4.83 Å². The zero-order chi connectivity index (χ0) is 13.2. The first-order chi connectivity index (χ1) is 8.48. The van der Waals surface area contributed by atoms with Gasteiger partial charge in [0.25, 0.3) is 0 Å². The molecule has 0 aliphatic heterocycles. The molecule has 0 saturated heterocycles. The Balaban J connectivity index is 2.25. The Morgan fingerprint density at radius 1 is 0.778 bits per heavy atom. The fourth-order valence-corrected chi connectivity index (χ4v) is 2.58. The predicted molar refractivity (Wildman–Crippen MR) is 82.4 cm³/mol. The SMILES string of the molecule is CC(C)(C)c1ccc(C(Br)c2ccccc2)cc1. The molecule has 0 amide bonds. The van der Waals surface area contributed by atoms with Gasteiger partial charge in [-0.25, -0.2) is 0 Å². The van der Waals surface area contributed by atoms with Gasteiger partial charge in [-0.2, -0.15) is 0 Å². The fraction of sp³-hybridized carbons (Fsp3) is 0.294. The average molecular weight is 303 g/mol. The maximum Gasteiger partial charge on any atom is 0.0644 e. The molecule has 0 aliphatic carbocycles. The zero-order valence-electron chi connectivity index (χ0n) is 11.2. The van der Waals surface area contributed by atoms with Crippen molar-refractivity contribution < 1.29 is 0 Å². The molecule has 1 heteroatoms. The van der Waals surface area contributed by atoms with Crippen molar-refractivity contribution in [1.82, 2.24) is 0 Å². The van der Waals surface area contributed by atoms with E-state index in [1.165, 1.54) is 16.7 Å². The average Bonchev–Trinajstić information content (AvgIpc) is 2.38. The summed E-state index contributed by atoms with van der Waals surface area (Å²) in [6.45, 7) is 6.72. The summed E-state index contributed by atoms with van der Waals surface area (Å²) in [4.78, 5) is 0.271. The first kappa shape index (κ1) is 13.4. The van der Waals surface area contributed by atoms with Gasteiger partial charge < -0.3 is 0 Å². The second-order valence-electron chi connectivity index (χ2n) is 5.65. The summed E-state index contributed by atoms with van der Waals surface area (Å²) in [5, 5.41) is 0. The minimum Gasteiger partial charge on any atom is -0.0786 e. The monoisotopic (exact) mass is 302 g/mol. The normalized spacial score (nSPS) is 13.3. The molecule has 0 saturated carbocycles. The van der Waals surface area contributed by atoms with Crippen molar-refractivity contribution in [1.29, 1.82) is 0 Å². The molecule has 0 radical (unpaired) electrons. The van der Waals surface area contributed by atoms with Gasteiger partial charge in [0.1, 0.15) is 0 Å². The van der Waals surface area contributed by atoms with Gasteiger partial charge in [-0.1, -0.05) is 91.3 Å². The number of halogens is 1. The summed E-state index contributed by atoms with van der Waals surface area (Å²) in [7, 11) is 0. The molecule has 0 aromatic heterocycles. The van der Waals surface area contributed by atoms with E-state index in [-0.39, 0.29) is 10.2 Å². The quantitative estimate of drug-likeness (QED) is 0.645. The van der Waals surface area contributed by atoms with Crippen molar-refractivity contribution in [2.75, 3.05) is 0 Å². The second kappa shape index (κ2) is 5.27. The summed E-state index contributed by atoms with van der Waals surface area (Å²) in [6.07, 6.45) is 0. The van der Waals surface area contributed by atoms with Crippen LogP contribution in [0, 0.1) is 0 Å². The molecule has 94 valence electrons. The van der Waals surface area contributed by atoms with Crippen LogP contribution in [0.3, 0.4) is 0 Å². The van der Waals surface area contributed by atoms with Crippen molar-refractivity contribution in [2.45, 2.75) is 31.0 Å². The van der Waals surface area contributed by atoms with Crippen LogP contribution in [0.5, 0.6) is 0 Å². The van der Waals surface area contributed by atoms with Crippen LogP contribution >= 0.6 is 15.9 Å². The van der Waals surface area contributed by atoms with Gasteiger partial charge in [0.15, 0.2) is 0 Å². The van der Waals surface area contributed by atoms with Gasteiger partial charge in [-0.3, -0.25) is 0 Å². The maximum atomic E-state index is 3.77. The van der Waals surface area contributed by atoms with E-state index in [9.17, 15) is 0 Å². The highest BCUT2D eigenvalue weighted by atomic mass is 79.9. The Morgan fingerprint density at radius 3 is 1.78 bits per heavy atom. The molecule has 0 fully saturated rings. The summed E-state index contributed by atoms with van der Waals surface area (Å²) in [5.74, 6) is 0. The highest BCUT2D eigenvalue weighted by Crippen LogP contribution is 2.32. The Labute approximate surface area is 118 Å². The summed E-state index contributed by atoms with van der Waals surface area (Å²) >= 11 is 3.77. The lowest BCUT2D eigenvalue weighted by molar-refractivity contribution is 0.590. The summed E-state index contributed by atoms with van der Waals surface area (Å²) in [5.41, 5.74) is 4.18. The lowest BCUT2D eigenvalue weighted by Gasteiger charge is -2.20. The van der Waals surface area contributed by atoms with E-state index in [1.807, 2.05) is 6.07 Å². The van der Waals surface area contributed by atoms with E-state index in [0.717, 1.165) is 0 Å². The molecule has 1 atom stereocenters. The molecule has 0 aliphatic rings. The largest absolute Gasteiger partial charge is 0.0786 e. The minimum absolute atomic E-state index is 0.215. The molecule has 0 heterocycles. The van der Waals surface area contributed by atoms with Crippen LogP contribution in [0.2, 0.25) is 0 Å². The van der Waals surface area contributed by atoms with Crippen LogP contribution in [0.1, 0.15) is 42.3 Å². The molecule has 1 unspecified atom stereocenters. The third kappa shape index (κ3) is 3.02. The summed E-state index contributed by atoms with van der Waals surface area (Å²) < 4.78 is 0. The van der Waals surface area contributed by atoms with Gasteiger partial charge >= 0.3 is 0 Å². The third-order valence-electron chi connectivity index (χ3n) is 3.16. The van der Waals surface area contributed by atoms with Crippen LogP contribution in [0.25, 0.3) is 0 Å². The molecule has 2 aromatic carbocycles. The van der Waals surface area contributed by atoms with E-state index in [4.69, 9.17) is 0 Å². The van der Waals surface area contributed by atoms with Crippen molar-refractivity contribution >= 4 is 15.9 Å². The van der Waals surface area contributed by atoms with E-state index in [1.54, 1.807) is 0 Å². The molecule has 0 nitrogen and oxygen atoms in total. The topological polar surface area (TPSA) is 0 Å². The van der Waals surface area contributed by atoms with Crippen LogP contribution in [-0.2, 0) is 5.41 Å². The fourth-order valence-electron chi connectivity index (χ4n) is 1.97. The third-order valence-corrected chi connectivity index (χ3v) is 4.22. The first-order valence-electron chi connectivity index (χ1n) is 6.28. The number of rotatable bonds is 2. The van der Waals surface area contributed by atoms with Gasteiger partial charge in [0, 0.05) is 0 Å². The van der Waals surface area contributed by atoms with Gasteiger partial charge in [-0.05, 0) is 22.1 Å². The molecule has 0 spiro atoms. The maximum absolute atomic E-state index is 3.77. The molecule has 0 bridgehead atoms. The van der Waals surface area contributed by atoms with Crippen molar-refractivity contribution in [3.8, 4) is 0 Å². The zero-order valence-corrected chi connectivity index (χ0v) is 12.7. The van der Waals surface area contributed by atoms with E-state index >= 15 is 0 Å². The highest BCUT2D eigenvalue weighted by Gasteiger charge is 2.15. The smallest absolute Gasteiger partial charge is 0.0644 e. The first-order valence-corrected chi connectivity index (χ1v) is 7.19. The standard InChI is InChI=1S/C17H19Br/c1-17(2,3)15-11-9-14(10-12-15)16(18)13-7-5-4-6-8-13/h4-12,16H,1-3H3. The lowest BCUT2D eigenvalue weighted by atomic mass is 9.86. The van der Waals surface area contributed by atoms with Crippen LogP contribution < -0.4 is 0 Å². The van der Waals surface area contributed by atoms with Crippen LogP contribution in [-0.4, -0.2) is 0 Å². The van der Waals surface area contributed by atoms with Crippen molar-refractivity contribution in [3.63, 3.8) is 0 Å². The predicted octanol–water partition coefficient (Wildman–Crippen LogP) is 5.47. The van der Waals surface area contributed by atoms with E-state index in [0.29, 0.717) is 0 Å². The number of benzene rings is 2.